The zero-order valence-electron chi connectivity index (χ0n) is 11.0. The van der Waals surface area contributed by atoms with Crippen LogP contribution in [0, 0.1) is 11.8 Å². The predicted molar refractivity (Wildman–Crippen MR) is 69.1 cm³/mol. The van der Waals surface area contributed by atoms with E-state index >= 15 is 0 Å². The second-order valence-electron chi connectivity index (χ2n) is 5.93. The van der Waals surface area contributed by atoms with Crippen molar-refractivity contribution >= 4 is 0 Å². The minimum Gasteiger partial charge on any atom is -0.339 e. The highest BCUT2D eigenvalue weighted by Gasteiger charge is 2.42. The largest absolute Gasteiger partial charge is 0.339 e. The van der Waals surface area contributed by atoms with Gasteiger partial charge in [-0.05, 0) is 50.5 Å². The molecule has 2 aliphatic carbocycles. The van der Waals surface area contributed by atoms with Crippen molar-refractivity contribution in [1.82, 2.24) is 10.1 Å². The molecule has 2 saturated carbocycles. The van der Waals surface area contributed by atoms with E-state index in [0.717, 1.165) is 55.8 Å². The number of unbranched alkanes of at least 4 members (excludes halogenated alkanes) is 2. The standard InChI is InChI=1S/C14H23N3O/c15-7-3-1-2-4-13-16-14(17-18-13)12-9-10-5-6-11(12)8-10/h10-12H,1-9,15H2. The van der Waals surface area contributed by atoms with Gasteiger partial charge in [0, 0.05) is 12.3 Å². The summed E-state index contributed by atoms with van der Waals surface area (Å²) in [4.78, 5) is 4.60. The van der Waals surface area contributed by atoms with E-state index in [1.54, 1.807) is 0 Å². The van der Waals surface area contributed by atoms with E-state index < -0.39 is 0 Å². The molecule has 0 amide bonds. The first kappa shape index (κ1) is 12.2. The lowest BCUT2D eigenvalue weighted by Crippen LogP contribution is -2.10. The second-order valence-corrected chi connectivity index (χ2v) is 5.93. The average molecular weight is 249 g/mol. The van der Waals surface area contributed by atoms with Crippen molar-refractivity contribution in [2.24, 2.45) is 17.6 Å². The summed E-state index contributed by atoms with van der Waals surface area (Å²) in [6, 6.07) is 0. The summed E-state index contributed by atoms with van der Waals surface area (Å²) in [5.41, 5.74) is 5.48. The van der Waals surface area contributed by atoms with Gasteiger partial charge in [0.05, 0.1) is 0 Å². The Morgan fingerprint density at radius 1 is 1.17 bits per heavy atom. The zero-order valence-corrected chi connectivity index (χ0v) is 11.0. The van der Waals surface area contributed by atoms with Gasteiger partial charge in [0.15, 0.2) is 5.82 Å². The molecule has 4 nitrogen and oxygen atoms in total. The van der Waals surface area contributed by atoms with Gasteiger partial charge < -0.3 is 10.3 Å². The second kappa shape index (κ2) is 5.39. The SMILES string of the molecule is NCCCCCc1nc(C2CC3CCC2C3)no1. The Balaban J connectivity index is 1.53. The molecule has 4 heteroatoms. The van der Waals surface area contributed by atoms with Gasteiger partial charge in [0.2, 0.25) is 5.89 Å². The third-order valence-corrected chi connectivity index (χ3v) is 4.65. The Labute approximate surface area is 108 Å². The van der Waals surface area contributed by atoms with Crippen molar-refractivity contribution in [2.45, 2.75) is 57.3 Å². The minimum atomic E-state index is 0.588. The van der Waals surface area contributed by atoms with Crippen molar-refractivity contribution in [3.63, 3.8) is 0 Å². The summed E-state index contributed by atoms with van der Waals surface area (Å²) in [6.45, 7) is 0.778. The maximum atomic E-state index is 5.48. The highest BCUT2D eigenvalue weighted by Crippen LogP contribution is 2.52. The number of hydrogen-bond donors (Lipinski definition) is 1. The maximum Gasteiger partial charge on any atom is 0.226 e. The molecule has 2 bridgehead atoms. The highest BCUT2D eigenvalue weighted by molar-refractivity contribution is 5.06. The molecule has 0 radical (unpaired) electrons. The van der Waals surface area contributed by atoms with E-state index in [9.17, 15) is 0 Å². The molecule has 2 fully saturated rings. The summed E-state index contributed by atoms with van der Waals surface area (Å²) in [5.74, 6) is 4.16. The average Bonchev–Trinajstić information content (AvgIpc) is 3.09. The van der Waals surface area contributed by atoms with Gasteiger partial charge in [-0.25, -0.2) is 0 Å². The molecule has 18 heavy (non-hydrogen) atoms. The fraction of sp³-hybridized carbons (Fsp3) is 0.857. The van der Waals surface area contributed by atoms with Crippen LogP contribution in [0.5, 0.6) is 0 Å². The minimum absolute atomic E-state index is 0.588. The van der Waals surface area contributed by atoms with Gasteiger partial charge in [-0.15, -0.1) is 0 Å². The Hall–Kier alpha value is -0.900. The lowest BCUT2D eigenvalue weighted by molar-refractivity contribution is 0.349. The van der Waals surface area contributed by atoms with E-state index in [1.807, 2.05) is 0 Å². The van der Waals surface area contributed by atoms with Gasteiger partial charge in [-0.3, -0.25) is 0 Å². The summed E-state index contributed by atoms with van der Waals surface area (Å²) in [6.07, 6.45) is 9.74. The fourth-order valence-corrected chi connectivity index (χ4v) is 3.68. The van der Waals surface area contributed by atoms with E-state index in [4.69, 9.17) is 10.3 Å². The highest BCUT2D eigenvalue weighted by atomic mass is 16.5. The van der Waals surface area contributed by atoms with Crippen molar-refractivity contribution < 1.29 is 4.52 Å². The van der Waals surface area contributed by atoms with Crippen molar-refractivity contribution in [1.29, 1.82) is 0 Å². The first-order valence-corrected chi connectivity index (χ1v) is 7.39. The van der Waals surface area contributed by atoms with Gasteiger partial charge >= 0.3 is 0 Å². The molecule has 3 rings (SSSR count). The van der Waals surface area contributed by atoms with E-state index in [0.29, 0.717) is 5.92 Å². The molecule has 1 aromatic rings. The third kappa shape index (κ3) is 2.44. The van der Waals surface area contributed by atoms with Crippen LogP contribution in [0.2, 0.25) is 0 Å². The van der Waals surface area contributed by atoms with Crippen LogP contribution in [0.15, 0.2) is 4.52 Å². The monoisotopic (exact) mass is 249 g/mol. The topological polar surface area (TPSA) is 64.9 Å². The maximum absolute atomic E-state index is 5.48. The number of aromatic nitrogens is 2. The van der Waals surface area contributed by atoms with Crippen molar-refractivity contribution in [3.8, 4) is 0 Å². The van der Waals surface area contributed by atoms with Crippen LogP contribution < -0.4 is 5.73 Å². The van der Waals surface area contributed by atoms with Crippen LogP contribution in [0.4, 0.5) is 0 Å². The van der Waals surface area contributed by atoms with Crippen LogP contribution >= 0.6 is 0 Å². The lowest BCUT2D eigenvalue weighted by atomic mass is 9.88. The van der Waals surface area contributed by atoms with Gasteiger partial charge in [0.1, 0.15) is 0 Å². The van der Waals surface area contributed by atoms with Crippen LogP contribution in [0.1, 0.15) is 62.6 Å². The quantitative estimate of drug-likeness (QED) is 0.787. The molecule has 0 aromatic carbocycles. The Morgan fingerprint density at radius 2 is 2.11 bits per heavy atom. The van der Waals surface area contributed by atoms with Crippen LogP contribution in [0.3, 0.4) is 0 Å². The molecule has 3 atom stereocenters. The van der Waals surface area contributed by atoms with Crippen LogP contribution in [-0.2, 0) is 6.42 Å². The summed E-state index contributed by atoms with van der Waals surface area (Å²) >= 11 is 0. The molecule has 1 heterocycles. The number of aryl methyl sites for hydroxylation is 1. The third-order valence-electron chi connectivity index (χ3n) is 4.65. The molecular formula is C14H23N3O. The first-order chi connectivity index (χ1) is 8.86. The molecule has 100 valence electrons. The van der Waals surface area contributed by atoms with Crippen LogP contribution in [0.25, 0.3) is 0 Å². The van der Waals surface area contributed by atoms with Crippen molar-refractivity contribution in [2.75, 3.05) is 6.54 Å². The fourth-order valence-electron chi connectivity index (χ4n) is 3.68. The predicted octanol–water partition coefficient (Wildman–Crippen LogP) is 2.64. The Bertz CT molecular complexity index is 390. The van der Waals surface area contributed by atoms with E-state index in [2.05, 4.69) is 10.1 Å². The summed E-state index contributed by atoms with van der Waals surface area (Å²) in [5, 5.41) is 4.21. The normalized spacial score (nSPS) is 30.2. The molecule has 3 unspecified atom stereocenters. The molecule has 0 spiro atoms. The number of nitrogens with zero attached hydrogens (tertiary/aromatic N) is 2. The Kier molecular flexibility index (Phi) is 3.64. The molecular weight excluding hydrogens is 226 g/mol. The smallest absolute Gasteiger partial charge is 0.226 e. The van der Waals surface area contributed by atoms with Gasteiger partial charge in [-0.2, -0.15) is 4.98 Å². The van der Waals surface area contributed by atoms with E-state index in [-0.39, 0.29) is 0 Å². The van der Waals surface area contributed by atoms with Gasteiger partial charge in [-0.1, -0.05) is 18.0 Å². The summed E-state index contributed by atoms with van der Waals surface area (Å²) < 4.78 is 5.37. The Morgan fingerprint density at radius 3 is 2.83 bits per heavy atom. The molecule has 0 aliphatic heterocycles. The number of fused-ring (bicyclic) bond motifs is 2. The zero-order chi connectivity index (χ0) is 12.4. The van der Waals surface area contributed by atoms with Crippen LogP contribution in [-0.4, -0.2) is 16.7 Å². The number of nitrogens with two attached hydrogens (primary N) is 1. The first-order valence-electron chi connectivity index (χ1n) is 7.39. The van der Waals surface area contributed by atoms with Gasteiger partial charge in [0.25, 0.3) is 0 Å². The molecule has 0 saturated heterocycles. The number of hydrogen-bond acceptors (Lipinski definition) is 4. The molecule has 2 N–H and O–H groups in total. The van der Waals surface area contributed by atoms with E-state index in [1.165, 1.54) is 25.7 Å². The lowest BCUT2D eigenvalue weighted by Gasteiger charge is -2.17. The van der Waals surface area contributed by atoms with Crippen molar-refractivity contribution in [3.05, 3.63) is 11.7 Å². The molecule has 1 aromatic heterocycles. The molecule has 2 aliphatic rings. The summed E-state index contributed by atoms with van der Waals surface area (Å²) in [7, 11) is 0. The number of rotatable bonds is 6.